The molecule has 8 nitrogen and oxygen atoms in total. The molecular formula is C22H23NO7. The molecule has 0 fully saturated rings. The van der Waals surface area contributed by atoms with Gasteiger partial charge in [-0.1, -0.05) is 12.1 Å². The van der Waals surface area contributed by atoms with E-state index in [0.29, 0.717) is 17.2 Å². The highest BCUT2D eigenvalue weighted by molar-refractivity contribution is 6.05. The fourth-order valence-electron chi connectivity index (χ4n) is 2.85. The molecule has 2 aromatic carbocycles. The van der Waals surface area contributed by atoms with Crippen LogP contribution >= 0.6 is 0 Å². The van der Waals surface area contributed by atoms with E-state index < -0.39 is 18.5 Å². The molecule has 30 heavy (non-hydrogen) atoms. The van der Waals surface area contributed by atoms with Gasteiger partial charge in [-0.15, -0.1) is 0 Å². The van der Waals surface area contributed by atoms with Crippen LogP contribution in [0.2, 0.25) is 0 Å². The summed E-state index contributed by atoms with van der Waals surface area (Å²) in [5.41, 5.74) is 2.58. The van der Waals surface area contributed by atoms with E-state index >= 15 is 0 Å². The van der Waals surface area contributed by atoms with Gasteiger partial charge in [-0.2, -0.15) is 0 Å². The number of rotatable bonds is 8. The van der Waals surface area contributed by atoms with Gasteiger partial charge in [0.05, 0.1) is 18.7 Å². The molecule has 0 aromatic heterocycles. The van der Waals surface area contributed by atoms with E-state index in [4.69, 9.17) is 18.9 Å². The van der Waals surface area contributed by atoms with Crippen molar-refractivity contribution in [1.82, 2.24) is 0 Å². The normalized spacial score (nSPS) is 11.7. The Morgan fingerprint density at radius 2 is 1.80 bits per heavy atom. The molecule has 1 amide bonds. The molecule has 8 heteroatoms. The van der Waals surface area contributed by atoms with Crippen molar-refractivity contribution in [2.24, 2.45) is 0 Å². The number of amides is 1. The van der Waals surface area contributed by atoms with Gasteiger partial charge in [0.15, 0.2) is 23.9 Å². The summed E-state index contributed by atoms with van der Waals surface area (Å²) in [5.74, 6) is 0.196. The first-order chi connectivity index (χ1) is 14.3. The lowest BCUT2D eigenvalue weighted by Gasteiger charge is -2.11. The van der Waals surface area contributed by atoms with Crippen LogP contribution in [0.3, 0.4) is 0 Å². The number of Topliss-reactive ketones (excluding diaryl/α,β-unsaturated/α-hetero) is 1. The van der Waals surface area contributed by atoms with E-state index in [9.17, 15) is 14.4 Å². The molecule has 0 spiro atoms. The van der Waals surface area contributed by atoms with Crippen LogP contribution < -0.4 is 19.5 Å². The zero-order chi connectivity index (χ0) is 21.7. The highest BCUT2D eigenvalue weighted by atomic mass is 16.7. The summed E-state index contributed by atoms with van der Waals surface area (Å²) in [5, 5.41) is 2.57. The van der Waals surface area contributed by atoms with Gasteiger partial charge < -0.3 is 24.3 Å². The lowest BCUT2D eigenvalue weighted by Crippen LogP contribution is -2.22. The molecule has 0 saturated carbocycles. The molecule has 0 unspecified atom stereocenters. The molecule has 0 radical (unpaired) electrons. The summed E-state index contributed by atoms with van der Waals surface area (Å²) < 4.78 is 21.1. The standard InChI is InChI=1S/C22H23NO7/c1-13-4-5-14(2)18(8-13)27-7-6-22(26)28-11-21(25)23-17-10-20-19(29-12-30-20)9-16(17)15(3)24/h4-5,8-10H,6-7,11-12H2,1-3H3,(H,23,25). The maximum absolute atomic E-state index is 12.2. The van der Waals surface area contributed by atoms with Crippen LogP contribution in [0, 0.1) is 13.8 Å². The van der Waals surface area contributed by atoms with Crippen molar-refractivity contribution in [3.63, 3.8) is 0 Å². The summed E-state index contributed by atoms with van der Waals surface area (Å²) >= 11 is 0. The lowest BCUT2D eigenvalue weighted by atomic mass is 10.1. The number of nitrogens with one attached hydrogen (secondary N) is 1. The largest absolute Gasteiger partial charge is 0.493 e. The molecule has 3 rings (SSSR count). The lowest BCUT2D eigenvalue weighted by molar-refractivity contribution is -0.147. The Kier molecular flexibility index (Phi) is 6.56. The van der Waals surface area contributed by atoms with Crippen LogP contribution in [0.1, 0.15) is 34.8 Å². The summed E-state index contributed by atoms with van der Waals surface area (Å²) in [6.45, 7) is 4.96. The van der Waals surface area contributed by atoms with Crippen LogP contribution in [-0.2, 0) is 14.3 Å². The van der Waals surface area contributed by atoms with E-state index in [2.05, 4.69) is 5.32 Å². The van der Waals surface area contributed by atoms with Crippen molar-refractivity contribution >= 4 is 23.3 Å². The molecule has 0 atom stereocenters. The number of carbonyl (C=O) groups excluding carboxylic acids is 3. The van der Waals surface area contributed by atoms with E-state index in [1.54, 1.807) is 0 Å². The average molecular weight is 413 g/mol. The van der Waals surface area contributed by atoms with E-state index in [-0.39, 0.29) is 36.9 Å². The number of ether oxygens (including phenoxy) is 4. The van der Waals surface area contributed by atoms with Crippen LogP contribution in [0.25, 0.3) is 0 Å². The van der Waals surface area contributed by atoms with Crippen LogP contribution in [0.15, 0.2) is 30.3 Å². The maximum atomic E-state index is 12.2. The first kappa shape index (κ1) is 21.2. The van der Waals surface area contributed by atoms with Crippen molar-refractivity contribution < 1.29 is 33.3 Å². The molecule has 0 saturated heterocycles. The van der Waals surface area contributed by atoms with Gasteiger partial charge in [0.2, 0.25) is 6.79 Å². The van der Waals surface area contributed by atoms with Gasteiger partial charge in [-0.25, -0.2) is 0 Å². The topological polar surface area (TPSA) is 100 Å². The predicted molar refractivity (Wildman–Crippen MR) is 108 cm³/mol. The molecular weight excluding hydrogens is 390 g/mol. The third kappa shape index (κ3) is 5.28. The van der Waals surface area contributed by atoms with Crippen molar-refractivity contribution in [2.75, 3.05) is 25.3 Å². The summed E-state index contributed by atoms with van der Waals surface area (Å²) in [4.78, 5) is 35.9. The molecule has 158 valence electrons. The Labute approximate surface area is 174 Å². The summed E-state index contributed by atoms with van der Waals surface area (Å²) in [7, 11) is 0. The molecule has 2 aromatic rings. The number of fused-ring (bicyclic) bond motifs is 1. The fraction of sp³-hybridized carbons (Fsp3) is 0.318. The molecule has 1 aliphatic heterocycles. The Balaban J connectivity index is 1.48. The third-order valence-electron chi connectivity index (χ3n) is 4.44. The molecule has 1 aliphatic rings. The van der Waals surface area contributed by atoms with Crippen molar-refractivity contribution in [3.05, 3.63) is 47.0 Å². The number of ketones is 1. The van der Waals surface area contributed by atoms with Crippen LogP contribution in [-0.4, -0.2) is 37.7 Å². The van der Waals surface area contributed by atoms with Gasteiger partial charge in [-0.3, -0.25) is 14.4 Å². The van der Waals surface area contributed by atoms with Gasteiger partial charge in [-0.05, 0) is 44.0 Å². The van der Waals surface area contributed by atoms with Gasteiger partial charge >= 0.3 is 5.97 Å². The number of benzene rings is 2. The number of hydrogen-bond donors (Lipinski definition) is 1. The van der Waals surface area contributed by atoms with Gasteiger partial charge in [0.25, 0.3) is 5.91 Å². The van der Waals surface area contributed by atoms with Crippen molar-refractivity contribution in [2.45, 2.75) is 27.2 Å². The first-order valence-electron chi connectivity index (χ1n) is 9.43. The number of aryl methyl sites for hydroxylation is 2. The maximum Gasteiger partial charge on any atom is 0.309 e. The van der Waals surface area contributed by atoms with Crippen LogP contribution in [0.5, 0.6) is 17.2 Å². The zero-order valence-corrected chi connectivity index (χ0v) is 17.1. The van der Waals surface area contributed by atoms with E-state index in [0.717, 1.165) is 11.1 Å². The predicted octanol–water partition coefficient (Wildman–Crippen LogP) is 3.19. The van der Waals surface area contributed by atoms with Crippen molar-refractivity contribution in [3.8, 4) is 17.2 Å². The minimum absolute atomic E-state index is 0.00335. The zero-order valence-electron chi connectivity index (χ0n) is 17.1. The Morgan fingerprint density at radius 1 is 1.07 bits per heavy atom. The van der Waals surface area contributed by atoms with Gasteiger partial charge in [0, 0.05) is 11.6 Å². The number of carbonyl (C=O) groups is 3. The average Bonchev–Trinajstić information content (AvgIpc) is 3.15. The quantitative estimate of drug-likeness (QED) is 0.524. The van der Waals surface area contributed by atoms with E-state index in [1.165, 1.54) is 19.1 Å². The second-order valence-electron chi connectivity index (χ2n) is 6.88. The van der Waals surface area contributed by atoms with Crippen molar-refractivity contribution in [1.29, 1.82) is 0 Å². The number of hydrogen-bond acceptors (Lipinski definition) is 7. The Hall–Kier alpha value is -3.55. The number of anilines is 1. The smallest absolute Gasteiger partial charge is 0.309 e. The number of esters is 1. The molecule has 0 aliphatic carbocycles. The molecule has 1 N–H and O–H groups in total. The van der Waals surface area contributed by atoms with E-state index in [1.807, 2.05) is 32.0 Å². The highest BCUT2D eigenvalue weighted by Gasteiger charge is 2.20. The third-order valence-corrected chi connectivity index (χ3v) is 4.44. The minimum Gasteiger partial charge on any atom is -0.493 e. The second kappa shape index (κ2) is 9.30. The summed E-state index contributed by atoms with van der Waals surface area (Å²) in [6, 6.07) is 8.84. The summed E-state index contributed by atoms with van der Waals surface area (Å²) in [6.07, 6.45) is 0.00335. The fourth-order valence-corrected chi connectivity index (χ4v) is 2.85. The minimum atomic E-state index is -0.569. The monoisotopic (exact) mass is 413 g/mol. The van der Waals surface area contributed by atoms with Crippen LogP contribution in [0.4, 0.5) is 5.69 Å². The Morgan fingerprint density at radius 3 is 2.53 bits per heavy atom. The SMILES string of the molecule is CC(=O)c1cc2c(cc1NC(=O)COC(=O)CCOc1cc(C)ccc1C)OCO2. The molecule has 1 heterocycles. The van der Waals surface area contributed by atoms with Gasteiger partial charge in [0.1, 0.15) is 5.75 Å². The Bertz CT molecular complexity index is 984. The first-order valence-corrected chi connectivity index (χ1v) is 9.43. The molecule has 0 bridgehead atoms. The second-order valence-corrected chi connectivity index (χ2v) is 6.88. The highest BCUT2D eigenvalue weighted by Crippen LogP contribution is 2.37.